The first-order valence-corrected chi connectivity index (χ1v) is 8.44. The minimum Gasteiger partial charge on any atom is -0.382 e. The molecule has 0 radical (unpaired) electrons. The summed E-state index contributed by atoms with van der Waals surface area (Å²) in [6.07, 6.45) is -0.325. The summed E-state index contributed by atoms with van der Waals surface area (Å²) in [6.45, 7) is 13.8. The normalized spacial score (nSPS) is 35.8. The second-order valence-corrected chi connectivity index (χ2v) is 12.0. The number of ether oxygens (including phenoxy) is 2. The van der Waals surface area contributed by atoms with E-state index in [9.17, 15) is 0 Å². The van der Waals surface area contributed by atoms with E-state index in [0.29, 0.717) is 6.61 Å². The standard InChI is InChI=1S/C13H26O4Si/c1-12(2,3)18(13(4,5)6)16-10-9(14-7)8-15-11(10)17-18/h9-11H,8H2,1-7H3/t9-,10+,11-/m1/s1. The van der Waals surface area contributed by atoms with E-state index in [4.69, 9.17) is 18.3 Å². The molecule has 2 fully saturated rings. The topological polar surface area (TPSA) is 36.9 Å². The van der Waals surface area contributed by atoms with E-state index >= 15 is 0 Å². The molecule has 0 spiro atoms. The number of fused-ring (bicyclic) bond motifs is 1. The molecule has 0 aromatic carbocycles. The van der Waals surface area contributed by atoms with E-state index < -0.39 is 8.56 Å². The van der Waals surface area contributed by atoms with Crippen LogP contribution in [0.5, 0.6) is 0 Å². The predicted octanol–water partition coefficient (Wildman–Crippen LogP) is 2.82. The first-order chi connectivity index (χ1) is 8.12. The van der Waals surface area contributed by atoms with Crippen LogP contribution in [-0.4, -0.2) is 40.8 Å². The van der Waals surface area contributed by atoms with Crippen LogP contribution in [0.2, 0.25) is 10.1 Å². The minimum absolute atomic E-state index is 0.00274. The molecule has 2 heterocycles. The van der Waals surface area contributed by atoms with E-state index in [0.717, 1.165) is 0 Å². The summed E-state index contributed by atoms with van der Waals surface area (Å²) in [6, 6.07) is 0. The molecule has 0 aromatic rings. The van der Waals surface area contributed by atoms with Gasteiger partial charge in [0, 0.05) is 17.2 Å². The highest BCUT2D eigenvalue weighted by molar-refractivity contribution is 6.74. The van der Waals surface area contributed by atoms with Crippen LogP contribution in [0.15, 0.2) is 0 Å². The Morgan fingerprint density at radius 2 is 1.56 bits per heavy atom. The predicted molar refractivity (Wildman–Crippen MR) is 71.7 cm³/mol. The highest BCUT2D eigenvalue weighted by Gasteiger charge is 2.67. The van der Waals surface area contributed by atoms with Crippen LogP contribution in [-0.2, 0) is 18.3 Å². The molecule has 0 aromatic heterocycles. The molecular weight excluding hydrogens is 248 g/mol. The molecule has 106 valence electrons. The smallest absolute Gasteiger partial charge is 0.351 e. The fourth-order valence-electron chi connectivity index (χ4n) is 3.20. The summed E-state index contributed by atoms with van der Waals surface area (Å²) in [4.78, 5) is 0. The van der Waals surface area contributed by atoms with E-state index in [1.807, 2.05) is 0 Å². The van der Waals surface area contributed by atoms with Crippen LogP contribution < -0.4 is 0 Å². The second kappa shape index (κ2) is 4.28. The van der Waals surface area contributed by atoms with Gasteiger partial charge in [-0.1, -0.05) is 41.5 Å². The third-order valence-corrected chi connectivity index (χ3v) is 9.04. The Balaban J connectivity index is 2.32. The molecule has 2 aliphatic heterocycles. The monoisotopic (exact) mass is 274 g/mol. The van der Waals surface area contributed by atoms with Crippen LogP contribution in [0.4, 0.5) is 0 Å². The summed E-state index contributed by atoms with van der Waals surface area (Å²) < 4.78 is 23.9. The summed E-state index contributed by atoms with van der Waals surface area (Å²) >= 11 is 0. The average Bonchev–Trinajstić information content (AvgIpc) is 2.70. The lowest BCUT2D eigenvalue weighted by Crippen LogP contribution is -2.55. The van der Waals surface area contributed by atoms with E-state index in [1.54, 1.807) is 7.11 Å². The van der Waals surface area contributed by atoms with Crippen molar-refractivity contribution in [3.05, 3.63) is 0 Å². The van der Waals surface area contributed by atoms with Gasteiger partial charge in [0.05, 0.1) is 6.61 Å². The Kier molecular flexibility index (Phi) is 3.44. The van der Waals surface area contributed by atoms with Crippen LogP contribution in [0.25, 0.3) is 0 Å². The zero-order chi connectivity index (χ0) is 13.8. The molecule has 5 heteroatoms. The van der Waals surface area contributed by atoms with Crippen molar-refractivity contribution >= 4 is 8.56 Å². The van der Waals surface area contributed by atoms with Crippen LogP contribution in [0.3, 0.4) is 0 Å². The van der Waals surface area contributed by atoms with Gasteiger partial charge in [0.1, 0.15) is 12.2 Å². The van der Waals surface area contributed by atoms with Gasteiger partial charge >= 0.3 is 8.56 Å². The molecule has 0 bridgehead atoms. The molecule has 0 N–H and O–H groups in total. The van der Waals surface area contributed by atoms with E-state index in [2.05, 4.69) is 41.5 Å². The summed E-state index contributed by atoms with van der Waals surface area (Å²) in [5, 5.41) is -0.00547. The Labute approximate surface area is 111 Å². The van der Waals surface area contributed by atoms with Gasteiger partial charge in [-0.25, -0.2) is 0 Å². The zero-order valence-electron chi connectivity index (χ0n) is 12.6. The molecule has 4 nitrogen and oxygen atoms in total. The maximum absolute atomic E-state index is 6.47. The molecule has 0 saturated carbocycles. The zero-order valence-corrected chi connectivity index (χ0v) is 13.6. The van der Waals surface area contributed by atoms with Gasteiger partial charge in [-0.15, -0.1) is 0 Å². The number of hydrogen-bond donors (Lipinski definition) is 0. The van der Waals surface area contributed by atoms with Gasteiger partial charge in [0.15, 0.2) is 6.29 Å². The maximum Gasteiger partial charge on any atom is 0.351 e. The first kappa shape index (κ1) is 14.5. The third-order valence-electron chi connectivity index (χ3n) is 3.92. The number of rotatable bonds is 1. The third kappa shape index (κ3) is 1.96. The Bertz CT molecular complexity index is 304. The lowest BCUT2D eigenvalue weighted by molar-refractivity contribution is -0.0458. The van der Waals surface area contributed by atoms with Gasteiger partial charge < -0.3 is 18.3 Å². The fourth-order valence-corrected chi connectivity index (χ4v) is 8.10. The van der Waals surface area contributed by atoms with Crippen molar-refractivity contribution < 1.29 is 18.3 Å². The van der Waals surface area contributed by atoms with Gasteiger partial charge in [-0.3, -0.25) is 0 Å². The van der Waals surface area contributed by atoms with Crippen molar-refractivity contribution in [3.63, 3.8) is 0 Å². The van der Waals surface area contributed by atoms with Gasteiger partial charge in [0.2, 0.25) is 0 Å². The summed E-state index contributed by atoms with van der Waals surface area (Å²) in [5.74, 6) is 0. The van der Waals surface area contributed by atoms with E-state index in [1.165, 1.54) is 0 Å². The fraction of sp³-hybridized carbons (Fsp3) is 1.00. The number of methoxy groups -OCH3 is 1. The molecule has 0 unspecified atom stereocenters. The van der Waals surface area contributed by atoms with Crippen molar-refractivity contribution in [2.45, 2.75) is 70.1 Å². The molecular formula is C13H26O4Si. The SMILES string of the molecule is CO[C@@H]1CO[C@@H]2O[Si](C(C)(C)C)(C(C)(C)C)O[C@H]21. The largest absolute Gasteiger partial charge is 0.382 e. The van der Waals surface area contributed by atoms with Gasteiger partial charge in [0.25, 0.3) is 0 Å². The lowest BCUT2D eigenvalue weighted by Gasteiger charge is -2.46. The quantitative estimate of drug-likeness (QED) is 0.689. The minimum atomic E-state index is -2.39. The molecule has 0 aliphatic carbocycles. The molecule has 0 amide bonds. The average molecular weight is 274 g/mol. The second-order valence-electron chi connectivity index (χ2n) is 7.29. The van der Waals surface area contributed by atoms with Crippen molar-refractivity contribution in [1.29, 1.82) is 0 Å². The van der Waals surface area contributed by atoms with Crippen LogP contribution in [0, 0.1) is 0 Å². The van der Waals surface area contributed by atoms with Crippen molar-refractivity contribution in [2.24, 2.45) is 0 Å². The molecule has 2 rings (SSSR count). The highest BCUT2D eigenvalue weighted by atomic mass is 28.4. The first-order valence-electron chi connectivity index (χ1n) is 6.62. The molecule has 18 heavy (non-hydrogen) atoms. The summed E-state index contributed by atoms with van der Waals surface area (Å²) in [7, 11) is -0.691. The van der Waals surface area contributed by atoms with Gasteiger partial charge in [-0.2, -0.15) is 0 Å². The highest BCUT2D eigenvalue weighted by Crippen LogP contribution is 2.57. The summed E-state index contributed by atoms with van der Waals surface area (Å²) in [5.41, 5.74) is 0. The Morgan fingerprint density at radius 1 is 1.00 bits per heavy atom. The Hall–Kier alpha value is 0.0569. The van der Waals surface area contributed by atoms with Crippen LogP contribution >= 0.6 is 0 Å². The van der Waals surface area contributed by atoms with Crippen LogP contribution in [0.1, 0.15) is 41.5 Å². The van der Waals surface area contributed by atoms with Crippen molar-refractivity contribution in [2.75, 3.05) is 13.7 Å². The van der Waals surface area contributed by atoms with Crippen molar-refractivity contribution in [1.82, 2.24) is 0 Å². The molecule has 2 aliphatic rings. The maximum atomic E-state index is 6.47. The van der Waals surface area contributed by atoms with Crippen molar-refractivity contribution in [3.8, 4) is 0 Å². The number of hydrogen-bond acceptors (Lipinski definition) is 4. The molecule has 2 saturated heterocycles. The van der Waals surface area contributed by atoms with E-state index in [-0.39, 0.29) is 28.6 Å². The lowest BCUT2D eigenvalue weighted by atomic mass is 10.2. The van der Waals surface area contributed by atoms with Gasteiger partial charge in [-0.05, 0) is 0 Å². The Morgan fingerprint density at radius 3 is 2.00 bits per heavy atom. The molecule has 3 atom stereocenters.